The molecule has 132 valence electrons. The summed E-state index contributed by atoms with van der Waals surface area (Å²) in [5.74, 6) is 1.07. The molecule has 2 aromatic rings. The summed E-state index contributed by atoms with van der Waals surface area (Å²) in [6.07, 6.45) is 4.83. The molecule has 0 radical (unpaired) electrons. The maximum atomic E-state index is 12.0. The molecule has 1 atom stereocenters. The fourth-order valence-electron chi connectivity index (χ4n) is 2.91. The monoisotopic (exact) mass is 359 g/mol. The van der Waals surface area contributed by atoms with Crippen LogP contribution in [0, 0.1) is 5.92 Å². The molecule has 1 amide bonds. The van der Waals surface area contributed by atoms with E-state index < -0.39 is 0 Å². The Morgan fingerprint density at radius 2 is 2.00 bits per heavy atom. The Morgan fingerprint density at radius 3 is 2.76 bits per heavy atom. The number of carbonyl (C=O) groups excluding carboxylic acids is 1. The normalized spacial score (nSPS) is 16.7. The van der Waals surface area contributed by atoms with E-state index in [0.717, 1.165) is 24.5 Å². The molecule has 1 aliphatic rings. The molecule has 1 fully saturated rings. The Labute approximate surface area is 152 Å². The number of nitrogens with one attached hydrogen (secondary N) is 2. The molecule has 0 aliphatic carbocycles. The van der Waals surface area contributed by atoms with Crippen molar-refractivity contribution in [3.63, 3.8) is 0 Å². The van der Waals surface area contributed by atoms with Crippen molar-refractivity contribution < 1.29 is 4.79 Å². The van der Waals surface area contributed by atoms with Crippen molar-refractivity contribution in [3.05, 3.63) is 47.7 Å². The average molecular weight is 360 g/mol. The van der Waals surface area contributed by atoms with E-state index in [9.17, 15) is 4.79 Å². The van der Waals surface area contributed by atoms with Gasteiger partial charge in [-0.15, -0.1) is 0 Å². The molecule has 0 unspecified atom stereocenters. The first-order chi connectivity index (χ1) is 12.2. The Balaban J connectivity index is 1.34. The largest absolute Gasteiger partial charge is 0.371 e. The van der Waals surface area contributed by atoms with Gasteiger partial charge in [-0.05, 0) is 42.7 Å². The van der Waals surface area contributed by atoms with Gasteiger partial charge >= 0.3 is 0 Å². The van der Waals surface area contributed by atoms with Gasteiger partial charge in [-0.2, -0.15) is 0 Å². The molecule has 3 rings (SSSR count). The molecule has 0 bridgehead atoms. The average Bonchev–Trinajstić information content (AvgIpc) is 3.10. The lowest BCUT2D eigenvalue weighted by atomic mass is 10.1. The van der Waals surface area contributed by atoms with Gasteiger partial charge in [-0.3, -0.25) is 4.79 Å². The van der Waals surface area contributed by atoms with Crippen molar-refractivity contribution in [2.24, 2.45) is 5.92 Å². The predicted molar refractivity (Wildman–Crippen MR) is 99.9 cm³/mol. The minimum absolute atomic E-state index is 0.0494. The van der Waals surface area contributed by atoms with E-state index in [0.29, 0.717) is 31.4 Å². The Morgan fingerprint density at radius 1 is 1.24 bits per heavy atom. The van der Waals surface area contributed by atoms with Crippen molar-refractivity contribution in [3.8, 4) is 0 Å². The molecule has 0 saturated carbocycles. The summed E-state index contributed by atoms with van der Waals surface area (Å²) in [5, 5.41) is 6.81. The molecule has 6 nitrogen and oxygen atoms in total. The van der Waals surface area contributed by atoms with E-state index in [1.54, 1.807) is 18.5 Å². The van der Waals surface area contributed by atoms with Crippen molar-refractivity contribution >= 4 is 29.1 Å². The van der Waals surface area contributed by atoms with Crippen LogP contribution in [0.15, 0.2) is 42.7 Å². The highest BCUT2D eigenvalue weighted by molar-refractivity contribution is 6.30. The first-order valence-electron chi connectivity index (χ1n) is 8.49. The maximum Gasteiger partial charge on any atom is 0.222 e. The second-order valence-corrected chi connectivity index (χ2v) is 6.57. The number of aromatic nitrogens is 2. The molecular formula is C18H22ClN5O. The van der Waals surface area contributed by atoms with Gasteiger partial charge in [0.25, 0.3) is 0 Å². The van der Waals surface area contributed by atoms with Gasteiger partial charge in [0.15, 0.2) is 0 Å². The van der Waals surface area contributed by atoms with Crippen LogP contribution in [0.4, 0.5) is 11.6 Å². The summed E-state index contributed by atoms with van der Waals surface area (Å²) >= 11 is 5.93. The fourth-order valence-corrected chi connectivity index (χ4v) is 3.04. The number of hydrogen-bond donors (Lipinski definition) is 2. The standard InChI is InChI=1S/C18H22ClN5O/c19-15-2-4-16(5-3-15)24-11-7-14(13-24)12-23-17(25)6-10-22-18-20-8-1-9-21-18/h1-5,8-9,14H,6-7,10-13H2,(H,23,25)(H,20,21,22)/t14-/m1/s1. The zero-order valence-electron chi connectivity index (χ0n) is 14.0. The molecule has 1 aromatic carbocycles. The van der Waals surface area contributed by atoms with Gasteiger partial charge < -0.3 is 15.5 Å². The third-order valence-electron chi connectivity index (χ3n) is 4.27. The summed E-state index contributed by atoms with van der Waals surface area (Å²) in [5.41, 5.74) is 1.19. The minimum atomic E-state index is 0.0494. The SMILES string of the molecule is O=C(CCNc1ncccn1)NC[C@H]1CCN(c2ccc(Cl)cc2)C1. The Kier molecular flexibility index (Phi) is 6.06. The zero-order valence-corrected chi connectivity index (χ0v) is 14.7. The number of hydrogen-bond acceptors (Lipinski definition) is 5. The first kappa shape index (κ1) is 17.5. The van der Waals surface area contributed by atoms with Crippen LogP contribution in [0.1, 0.15) is 12.8 Å². The number of amides is 1. The molecule has 7 heteroatoms. The van der Waals surface area contributed by atoms with Gasteiger partial charge in [-0.25, -0.2) is 9.97 Å². The van der Waals surface area contributed by atoms with E-state index in [-0.39, 0.29) is 5.91 Å². The van der Waals surface area contributed by atoms with Gasteiger partial charge in [0, 0.05) is 55.7 Å². The van der Waals surface area contributed by atoms with E-state index >= 15 is 0 Å². The Hall–Kier alpha value is -2.34. The number of anilines is 2. The molecular weight excluding hydrogens is 338 g/mol. The van der Waals surface area contributed by atoms with E-state index in [1.807, 2.05) is 24.3 Å². The highest BCUT2D eigenvalue weighted by atomic mass is 35.5. The van der Waals surface area contributed by atoms with Gasteiger partial charge in [0.05, 0.1) is 0 Å². The van der Waals surface area contributed by atoms with Crippen LogP contribution in [-0.2, 0) is 4.79 Å². The topological polar surface area (TPSA) is 70.1 Å². The second kappa shape index (κ2) is 8.67. The molecule has 2 N–H and O–H groups in total. The lowest BCUT2D eigenvalue weighted by Gasteiger charge is -2.19. The number of halogens is 1. The van der Waals surface area contributed by atoms with Crippen molar-refractivity contribution in [2.75, 3.05) is 36.4 Å². The number of nitrogens with zero attached hydrogens (tertiary/aromatic N) is 3. The molecule has 1 aliphatic heterocycles. The van der Waals surface area contributed by atoms with Crippen molar-refractivity contribution in [1.29, 1.82) is 0 Å². The van der Waals surface area contributed by atoms with Gasteiger partial charge in [0.2, 0.25) is 11.9 Å². The molecule has 25 heavy (non-hydrogen) atoms. The smallest absolute Gasteiger partial charge is 0.222 e. The van der Waals surface area contributed by atoms with E-state index in [4.69, 9.17) is 11.6 Å². The third kappa shape index (κ3) is 5.32. The van der Waals surface area contributed by atoms with E-state index in [2.05, 4.69) is 25.5 Å². The summed E-state index contributed by atoms with van der Waals surface area (Å²) in [6.45, 7) is 3.20. The molecule has 2 heterocycles. The summed E-state index contributed by atoms with van der Waals surface area (Å²) in [6, 6.07) is 9.67. The van der Waals surface area contributed by atoms with Crippen LogP contribution < -0.4 is 15.5 Å². The summed E-state index contributed by atoms with van der Waals surface area (Å²) in [4.78, 5) is 22.4. The second-order valence-electron chi connectivity index (χ2n) is 6.13. The van der Waals surface area contributed by atoms with Crippen molar-refractivity contribution in [1.82, 2.24) is 15.3 Å². The number of benzene rings is 1. The molecule has 1 saturated heterocycles. The quantitative estimate of drug-likeness (QED) is 0.795. The lowest BCUT2D eigenvalue weighted by molar-refractivity contribution is -0.121. The predicted octanol–water partition coefficient (Wildman–Crippen LogP) is 2.57. The van der Waals surface area contributed by atoms with Crippen LogP contribution in [-0.4, -0.2) is 42.1 Å². The lowest BCUT2D eigenvalue weighted by Crippen LogP contribution is -2.32. The van der Waals surface area contributed by atoms with Gasteiger partial charge in [0.1, 0.15) is 0 Å². The van der Waals surface area contributed by atoms with Crippen molar-refractivity contribution in [2.45, 2.75) is 12.8 Å². The summed E-state index contributed by atoms with van der Waals surface area (Å²) in [7, 11) is 0. The van der Waals surface area contributed by atoms with Crippen LogP contribution in [0.2, 0.25) is 5.02 Å². The third-order valence-corrected chi connectivity index (χ3v) is 4.52. The first-order valence-corrected chi connectivity index (χ1v) is 8.86. The zero-order chi connectivity index (χ0) is 17.5. The maximum absolute atomic E-state index is 12.0. The van der Waals surface area contributed by atoms with Crippen LogP contribution >= 0.6 is 11.6 Å². The minimum Gasteiger partial charge on any atom is -0.371 e. The Bertz CT molecular complexity index is 680. The van der Waals surface area contributed by atoms with Crippen LogP contribution in [0.5, 0.6) is 0 Å². The highest BCUT2D eigenvalue weighted by Gasteiger charge is 2.22. The van der Waals surface area contributed by atoms with Gasteiger partial charge in [-0.1, -0.05) is 11.6 Å². The van der Waals surface area contributed by atoms with Crippen LogP contribution in [0.3, 0.4) is 0 Å². The van der Waals surface area contributed by atoms with Crippen LogP contribution in [0.25, 0.3) is 0 Å². The number of carbonyl (C=O) groups is 1. The molecule has 1 aromatic heterocycles. The van der Waals surface area contributed by atoms with E-state index in [1.165, 1.54) is 5.69 Å². The fraction of sp³-hybridized carbons (Fsp3) is 0.389. The number of rotatable bonds is 7. The molecule has 0 spiro atoms. The summed E-state index contributed by atoms with van der Waals surface area (Å²) < 4.78 is 0. The highest BCUT2D eigenvalue weighted by Crippen LogP contribution is 2.24.